The van der Waals surface area contributed by atoms with E-state index in [1.165, 1.54) is 0 Å². The molecule has 116 valence electrons. The molecule has 0 spiro atoms. The van der Waals surface area contributed by atoms with Gasteiger partial charge in [0.25, 0.3) is 0 Å². The first-order chi connectivity index (χ1) is 9.40. The van der Waals surface area contributed by atoms with Crippen molar-refractivity contribution >= 4 is 11.8 Å². The Morgan fingerprint density at radius 2 is 1.75 bits per heavy atom. The molecule has 0 aromatic rings. The highest BCUT2D eigenvalue weighted by atomic mass is 16.2. The van der Waals surface area contributed by atoms with E-state index in [1.54, 1.807) is 7.05 Å². The molecule has 2 amide bonds. The molecule has 0 unspecified atom stereocenters. The van der Waals surface area contributed by atoms with Crippen LogP contribution < -0.4 is 10.6 Å². The molecule has 0 aromatic heterocycles. The van der Waals surface area contributed by atoms with E-state index in [0.29, 0.717) is 19.6 Å². The number of nitrogens with one attached hydrogen (secondary N) is 2. The van der Waals surface area contributed by atoms with Crippen LogP contribution in [0.1, 0.15) is 27.2 Å². The molecule has 1 aliphatic heterocycles. The molecule has 0 aromatic carbocycles. The highest BCUT2D eigenvalue weighted by Crippen LogP contribution is 2.10. The Hall–Kier alpha value is -1.14. The Kier molecular flexibility index (Phi) is 6.42. The number of amides is 2. The maximum Gasteiger partial charge on any atom is 0.242 e. The van der Waals surface area contributed by atoms with E-state index in [9.17, 15) is 9.59 Å². The maximum atomic E-state index is 12.3. The third-order valence-electron chi connectivity index (χ3n) is 3.76. The van der Waals surface area contributed by atoms with Gasteiger partial charge in [0.1, 0.15) is 0 Å². The molecule has 0 saturated carbocycles. The fourth-order valence-electron chi connectivity index (χ4n) is 2.13. The van der Waals surface area contributed by atoms with Gasteiger partial charge < -0.3 is 15.5 Å². The van der Waals surface area contributed by atoms with Gasteiger partial charge in [-0.25, -0.2) is 0 Å². The van der Waals surface area contributed by atoms with Gasteiger partial charge in [-0.1, -0.05) is 6.92 Å². The summed E-state index contributed by atoms with van der Waals surface area (Å²) in [5.41, 5.74) is -0.527. The summed E-state index contributed by atoms with van der Waals surface area (Å²) in [6, 6.07) is 0. The summed E-state index contributed by atoms with van der Waals surface area (Å²) in [7, 11) is 1.80. The monoisotopic (exact) mass is 284 g/mol. The van der Waals surface area contributed by atoms with Crippen molar-refractivity contribution in [3.05, 3.63) is 0 Å². The first kappa shape index (κ1) is 16.9. The van der Waals surface area contributed by atoms with Gasteiger partial charge in [0.05, 0.1) is 12.1 Å². The van der Waals surface area contributed by atoms with Crippen molar-refractivity contribution in [1.82, 2.24) is 20.4 Å². The van der Waals surface area contributed by atoms with Crippen LogP contribution in [0.3, 0.4) is 0 Å². The van der Waals surface area contributed by atoms with Crippen molar-refractivity contribution in [2.75, 3.05) is 46.3 Å². The third-order valence-corrected chi connectivity index (χ3v) is 3.76. The van der Waals surface area contributed by atoms with Crippen LogP contribution in [0.5, 0.6) is 0 Å². The van der Waals surface area contributed by atoms with Gasteiger partial charge >= 0.3 is 0 Å². The number of nitrogens with zero attached hydrogens (tertiary/aromatic N) is 2. The first-order valence-electron chi connectivity index (χ1n) is 7.38. The second kappa shape index (κ2) is 7.59. The van der Waals surface area contributed by atoms with E-state index in [2.05, 4.69) is 15.5 Å². The van der Waals surface area contributed by atoms with Crippen molar-refractivity contribution in [2.45, 2.75) is 32.7 Å². The molecule has 20 heavy (non-hydrogen) atoms. The van der Waals surface area contributed by atoms with Crippen LogP contribution in [-0.4, -0.2) is 73.5 Å². The van der Waals surface area contributed by atoms with E-state index >= 15 is 0 Å². The Bertz CT molecular complexity index is 336. The summed E-state index contributed by atoms with van der Waals surface area (Å²) in [5.74, 6) is 0.192. The van der Waals surface area contributed by atoms with Crippen molar-refractivity contribution in [1.29, 1.82) is 0 Å². The first-order valence-corrected chi connectivity index (χ1v) is 7.38. The van der Waals surface area contributed by atoms with E-state index in [1.807, 2.05) is 25.7 Å². The molecule has 0 radical (unpaired) electrons. The number of carbonyl (C=O) groups is 2. The van der Waals surface area contributed by atoms with Gasteiger partial charge in [0.2, 0.25) is 11.8 Å². The highest BCUT2D eigenvalue weighted by Gasteiger charge is 2.32. The van der Waals surface area contributed by atoms with Crippen LogP contribution in [0.15, 0.2) is 0 Å². The Labute approximate surface area is 121 Å². The number of likely N-dealkylation sites (N-methyl/N-ethyl adjacent to an activating group) is 1. The number of carbonyl (C=O) groups excluding carboxylic acids is 2. The van der Waals surface area contributed by atoms with Crippen LogP contribution >= 0.6 is 0 Å². The van der Waals surface area contributed by atoms with Crippen LogP contribution in [-0.2, 0) is 9.59 Å². The molecular weight excluding hydrogens is 256 g/mol. The lowest BCUT2D eigenvalue weighted by molar-refractivity contribution is -0.138. The number of hydrogen-bond donors (Lipinski definition) is 2. The molecule has 1 heterocycles. The second-order valence-corrected chi connectivity index (χ2v) is 5.79. The fraction of sp³-hybridized carbons (Fsp3) is 0.857. The summed E-state index contributed by atoms with van der Waals surface area (Å²) in [6.45, 7) is 9.85. The minimum absolute atomic E-state index is 0.0715. The van der Waals surface area contributed by atoms with Gasteiger partial charge in [-0.05, 0) is 27.3 Å². The zero-order valence-electron chi connectivity index (χ0n) is 13.2. The normalized spacial score (nSPS) is 17.1. The Morgan fingerprint density at radius 3 is 2.25 bits per heavy atom. The average molecular weight is 284 g/mol. The molecule has 2 N–H and O–H groups in total. The highest BCUT2D eigenvalue weighted by molar-refractivity contribution is 5.85. The topological polar surface area (TPSA) is 64.7 Å². The summed E-state index contributed by atoms with van der Waals surface area (Å²) in [4.78, 5) is 27.9. The van der Waals surface area contributed by atoms with E-state index in [0.717, 1.165) is 26.1 Å². The van der Waals surface area contributed by atoms with E-state index in [-0.39, 0.29) is 11.8 Å². The lowest BCUT2D eigenvalue weighted by Gasteiger charge is -2.38. The SMILES string of the molecule is CCCNC(=O)CN1CCN(C(=O)C(C)(C)NC)CC1. The summed E-state index contributed by atoms with van der Waals surface area (Å²) < 4.78 is 0. The third kappa shape index (κ3) is 4.76. The van der Waals surface area contributed by atoms with E-state index < -0.39 is 5.54 Å². The summed E-state index contributed by atoms with van der Waals surface area (Å²) in [5, 5.41) is 5.91. The molecule has 6 heteroatoms. The molecular formula is C14H28N4O2. The standard InChI is InChI=1S/C14H28N4O2/c1-5-6-16-12(19)11-17-7-9-18(10-8-17)13(20)14(2,3)15-4/h15H,5-11H2,1-4H3,(H,16,19). The molecule has 1 saturated heterocycles. The van der Waals surface area contributed by atoms with Crippen LogP contribution in [0.2, 0.25) is 0 Å². The lowest BCUT2D eigenvalue weighted by Crippen LogP contribution is -2.58. The number of piperazine rings is 1. The van der Waals surface area contributed by atoms with Crippen molar-refractivity contribution in [3.8, 4) is 0 Å². The predicted octanol–water partition coefficient (Wildman–Crippen LogP) is -0.345. The minimum atomic E-state index is -0.527. The largest absolute Gasteiger partial charge is 0.355 e. The summed E-state index contributed by atoms with van der Waals surface area (Å²) >= 11 is 0. The molecule has 1 rings (SSSR count). The van der Waals surface area contributed by atoms with Gasteiger partial charge in [-0.3, -0.25) is 14.5 Å². The number of hydrogen-bond acceptors (Lipinski definition) is 4. The quantitative estimate of drug-likeness (QED) is 0.700. The van der Waals surface area contributed by atoms with Crippen molar-refractivity contribution in [3.63, 3.8) is 0 Å². The maximum absolute atomic E-state index is 12.3. The van der Waals surface area contributed by atoms with Gasteiger partial charge in [-0.15, -0.1) is 0 Å². The molecule has 1 aliphatic rings. The van der Waals surface area contributed by atoms with Crippen molar-refractivity contribution in [2.24, 2.45) is 0 Å². The zero-order valence-corrected chi connectivity index (χ0v) is 13.2. The molecule has 6 nitrogen and oxygen atoms in total. The molecule has 0 atom stereocenters. The van der Waals surface area contributed by atoms with Crippen LogP contribution in [0.4, 0.5) is 0 Å². The van der Waals surface area contributed by atoms with Crippen LogP contribution in [0.25, 0.3) is 0 Å². The minimum Gasteiger partial charge on any atom is -0.355 e. The zero-order chi connectivity index (χ0) is 15.2. The summed E-state index contributed by atoms with van der Waals surface area (Å²) in [6.07, 6.45) is 0.952. The van der Waals surface area contributed by atoms with Gasteiger partial charge in [0, 0.05) is 32.7 Å². The smallest absolute Gasteiger partial charge is 0.242 e. The van der Waals surface area contributed by atoms with E-state index in [4.69, 9.17) is 0 Å². The fourth-order valence-corrected chi connectivity index (χ4v) is 2.13. The average Bonchev–Trinajstić information content (AvgIpc) is 2.45. The molecule has 0 aliphatic carbocycles. The second-order valence-electron chi connectivity index (χ2n) is 5.79. The predicted molar refractivity (Wildman–Crippen MR) is 79.5 cm³/mol. The van der Waals surface area contributed by atoms with Gasteiger partial charge in [-0.2, -0.15) is 0 Å². The van der Waals surface area contributed by atoms with Crippen molar-refractivity contribution < 1.29 is 9.59 Å². The Balaban J connectivity index is 2.36. The van der Waals surface area contributed by atoms with Crippen LogP contribution in [0, 0.1) is 0 Å². The number of rotatable bonds is 6. The molecule has 0 bridgehead atoms. The lowest BCUT2D eigenvalue weighted by atomic mass is 10.0. The molecule has 1 fully saturated rings. The van der Waals surface area contributed by atoms with Gasteiger partial charge in [0.15, 0.2) is 0 Å². The Morgan fingerprint density at radius 1 is 1.15 bits per heavy atom.